The summed E-state index contributed by atoms with van der Waals surface area (Å²) in [5.41, 5.74) is 3.03. The second kappa shape index (κ2) is 6.53. The van der Waals surface area contributed by atoms with Gasteiger partial charge in [0, 0.05) is 27.0 Å². The maximum atomic E-state index is 12.9. The number of hydrogen-bond acceptors (Lipinski definition) is 3. The van der Waals surface area contributed by atoms with Crippen LogP contribution < -0.4 is 10.9 Å². The third-order valence-corrected chi connectivity index (χ3v) is 5.60. The van der Waals surface area contributed by atoms with Gasteiger partial charge < -0.3 is 14.7 Å². The van der Waals surface area contributed by atoms with Gasteiger partial charge >= 0.3 is 5.63 Å². The molecule has 1 atom stereocenters. The number of aromatic amines is 1. The molecule has 0 aliphatic heterocycles. The average molecular weight is 393 g/mol. The fourth-order valence-corrected chi connectivity index (χ4v) is 4.21. The molecule has 1 aliphatic rings. The minimum atomic E-state index is -0.629. The van der Waals surface area contributed by atoms with E-state index in [4.69, 9.17) is 16.0 Å². The molecule has 0 spiro atoms. The number of carbonyl (C=O) groups is 1. The van der Waals surface area contributed by atoms with Crippen LogP contribution in [0.3, 0.4) is 0 Å². The van der Waals surface area contributed by atoms with Crippen LogP contribution in [-0.2, 0) is 6.42 Å². The van der Waals surface area contributed by atoms with Crippen molar-refractivity contribution in [2.24, 2.45) is 0 Å². The van der Waals surface area contributed by atoms with Gasteiger partial charge in [-0.05, 0) is 55.2 Å². The average Bonchev–Trinajstić information content (AvgIpc) is 3.06. The van der Waals surface area contributed by atoms with Crippen LogP contribution in [-0.4, -0.2) is 10.9 Å². The van der Waals surface area contributed by atoms with Gasteiger partial charge in [0.1, 0.15) is 11.1 Å². The number of rotatable bonds is 2. The number of carbonyl (C=O) groups excluding carboxylic acids is 1. The molecular formula is C22H17ClN2O3. The lowest BCUT2D eigenvalue weighted by atomic mass is 9.91. The van der Waals surface area contributed by atoms with E-state index >= 15 is 0 Å². The molecule has 1 aliphatic carbocycles. The molecule has 2 heterocycles. The molecule has 0 fully saturated rings. The van der Waals surface area contributed by atoms with Crippen LogP contribution in [0.1, 0.15) is 40.5 Å². The lowest BCUT2D eigenvalue weighted by Crippen LogP contribution is -2.33. The van der Waals surface area contributed by atoms with E-state index in [0.29, 0.717) is 10.6 Å². The van der Waals surface area contributed by atoms with Crippen molar-refractivity contribution < 1.29 is 9.21 Å². The van der Waals surface area contributed by atoms with Crippen LogP contribution >= 0.6 is 11.6 Å². The molecule has 0 bridgehead atoms. The minimum Gasteiger partial charge on any atom is -0.422 e. The summed E-state index contributed by atoms with van der Waals surface area (Å²) in [7, 11) is 0. The van der Waals surface area contributed by atoms with Crippen LogP contribution in [0.15, 0.2) is 57.7 Å². The second-order valence-corrected chi connectivity index (χ2v) is 7.55. The normalized spacial score (nSPS) is 16.2. The predicted molar refractivity (Wildman–Crippen MR) is 109 cm³/mol. The van der Waals surface area contributed by atoms with Crippen LogP contribution in [0.4, 0.5) is 0 Å². The molecule has 6 heteroatoms. The lowest BCUT2D eigenvalue weighted by Gasteiger charge is -2.23. The summed E-state index contributed by atoms with van der Waals surface area (Å²) in [6, 6.07) is 14.3. The molecule has 2 N–H and O–H groups in total. The smallest absolute Gasteiger partial charge is 0.349 e. The van der Waals surface area contributed by atoms with Gasteiger partial charge in [0.05, 0.1) is 6.04 Å². The molecule has 0 saturated carbocycles. The summed E-state index contributed by atoms with van der Waals surface area (Å²) >= 11 is 6.16. The highest BCUT2D eigenvalue weighted by Crippen LogP contribution is 2.35. The van der Waals surface area contributed by atoms with Crippen LogP contribution in [0.25, 0.3) is 21.9 Å². The maximum absolute atomic E-state index is 12.9. The summed E-state index contributed by atoms with van der Waals surface area (Å²) in [6.07, 6.45) is 2.68. The van der Waals surface area contributed by atoms with Gasteiger partial charge in [-0.25, -0.2) is 4.79 Å². The summed E-state index contributed by atoms with van der Waals surface area (Å²) in [5.74, 6) is -0.422. The summed E-state index contributed by atoms with van der Waals surface area (Å²) in [4.78, 5) is 28.6. The fourth-order valence-electron chi connectivity index (χ4n) is 4.04. The van der Waals surface area contributed by atoms with Gasteiger partial charge in [-0.1, -0.05) is 29.8 Å². The number of amides is 1. The van der Waals surface area contributed by atoms with E-state index in [2.05, 4.69) is 10.3 Å². The third-order valence-electron chi connectivity index (χ3n) is 5.36. The standard InChI is InChI=1S/C22H17ClN2O3/c23-13-8-9-17-15(11-13)14-5-3-6-18(20(14)24-17)25-21(26)16-10-12-4-1-2-7-19(12)28-22(16)27/h1-2,4,7-11,18,24H,3,5-6H2,(H,25,26)/t18-/m0/s1. The van der Waals surface area contributed by atoms with E-state index in [1.165, 1.54) is 5.56 Å². The molecule has 4 aromatic rings. The topological polar surface area (TPSA) is 75.1 Å². The Bertz CT molecular complexity index is 1290. The Balaban J connectivity index is 1.51. The van der Waals surface area contributed by atoms with Crippen molar-refractivity contribution in [2.45, 2.75) is 25.3 Å². The van der Waals surface area contributed by atoms with Gasteiger partial charge in [-0.15, -0.1) is 0 Å². The molecule has 140 valence electrons. The number of aromatic nitrogens is 1. The Morgan fingerprint density at radius 2 is 2.04 bits per heavy atom. The first-order valence-corrected chi connectivity index (χ1v) is 9.62. The Labute approximate surface area is 165 Å². The van der Waals surface area contributed by atoms with Crippen LogP contribution in [0.2, 0.25) is 5.02 Å². The first-order chi connectivity index (χ1) is 13.6. The molecule has 0 saturated heterocycles. The number of aryl methyl sites for hydroxylation is 1. The van der Waals surface area contributed by atoms with E-state index in [1.54, 1.807) is 18.2 Å². The summed E-state index contributed by atoms with van der Waals surface area (Å²) in [6.45, 7) is 0. The molecule has 5 nitrogen and oxygen atoms in total. The quantitative estimate of drug-likeness (QED) is 0.484. The van der Waals surface area contributed by atoms with Gasteiger partial charge in [0.2, 0.25) is 0 Å². The predicted octanol–water partition coefficient (Wildman–Crippen LogP) is 4.74. The van der Waals surface area contributed by atoms with Gasteiger partial charge in [-0.3, -0.25) is 4.79 Å². The molecule has 5 rings (SSSR count). The van der Waals surface area contributed by atoms with Crippen molar-refractivity contribution in [1.82, 2.24) is 10.3 Å². The van der Waals surface area contributed by atoms with Crippen molar-refractivity contribution in [2.75, 3.05) is 0 Å². The zero-order valence-corrected chi connectivity index (χ0v) is 15.7. The summed E-state index contributed by atoms with van der Waals surface area (Å²) < 4.78 is 5.29. The van der Waals surface area contributed by atoms with E-state index in [1.807, 2.05) is 30.3 Å². The highest BCUT2D eigenvalue weighted by molar-refractivity contribution is 6.31. The van der Waals surface area contributed by atoms with Gasteiger partial charge in [-0.2, -0.15) is 0 Å². The third kappa shape index (κ3) is 2.79. The Hall–Kier alpha value is -3.05. The number of halogens is 1. The summed E-state index contributed by atoms with van der Waals surface area (Å²) in [5, 5.41) is 5.51. The highest BCUT2D eigenvalue weighted by Gasteiger charge is 2.27. The Kier molecular flexibility index (Phi) is 3.98. The zero-order valence-electron chi connectivity index (χ0n) is 14.9. The first-order valence-electron chi connectivity index (χ1n) is 9.24. The van der Waals surface area contributed by atoms with Crippen molar-refractivity contribution in [3.05, 3.63) is 80.8 Å². The Morgan fingerprint density at radius 1 is 1.18 bits per heavy atom. The number of benzene rings is 2. The molecule has 0 radical (unpaired) electrons. The lowest BCUT2D eigenvalue weighted by molar-refractivity contribution is 0.0928. The number of para-hydroxylation sites is 1. The van der Waals surface area contributed by atoms with Crippen molar-refractivity contribution >= 4 is 39.4 Å². The maximum Gasteiger partial charge on any atom is 0.349 e. The SMILES string of the molecule is O=C(N[C@H]1CCCc2c1[nH]c1ccc(Cl)cc21)c1cc2ccccc2oc1=O. The molecular weight excluding hydrogens is 376 g/mol. The molecule has 0 unspecified atom stereocenters. The monoisotopic (exact) mass is 392 g/mol. The molecule has 1 amide bonds. The molecule has 28 heavy (non-hydrogen) atoms. The van der Waals surface area contributed by atoms with Crippen LogP contribution in [0.5, 0.6) is 0 Å². The second-order valence-electron chi connectivity index (χ2n) is 7.11. The van der Waals surface area contributed by atoms with Crippen molar-refractivity contribution in [1.29, 1.82) is 0 Å². The first kappa shape index (κ1) is 17.1. The zero-order chi connectivity index (χ0) is 19.3. The fraction of sp³-hybridized carbons (Fsp3) is 0.182. The van der Waals surface area contributed by atoms with E-state index < -0.39 is 11.5 Å². The molecule has 2 aromatic heterocycles. The van der Waals surface area contributed by atoms with Gasteiger partial charge in [0.15, 0.2) is 0 Å². The van der Waals surface area contributed by atoms with E-state index in [-0.39, 0.29) is 11.6 Å². The van der Waals surface area contributed by atoms with Crippen molar-refractivity contribution in [3.63, 3.8) is 0 Å². The minimum absolute atomic E-state index is 0.0185. The van der Waals surface area contributed by atoms with Crippen LogP contribution in [0, 0.1) is 0 Å². The number of hydrogen-bond donors (Lipinski definition) is 2. The van der Waals surface area contributed by atoms with Gasteiger partial charge in [0.25, 0.3) is 5.91 Å². The highest BCUT2D eigenvalue weighted by atomic mass is 35.5. The molecule has 2 aromatic carbocycles. The number of fused-ring (bicyclic) bond motifs is 4. The Morgan fingerprint density at radius 3 is 2.93 bits per heavy atom. The van der Waals surface area contributed by atoms with E-state index in [9.17, 15) is 9.59 Å². The largest absolute Gasteiger partial charge is 0.422 e. The number of H-pyrrole nitrogens is 1. The number of nitrogens with one attached hydrogen (secondary N) is 2. The van der Waals surface area contributed by atoms with Crippen molar-refractivity contribution in [3.8, 4) is 0 Å². The van der Waals surface area contributed by atoms with E-state index in [0.717, 1.165) is 41.2 Å².